The molecule has 1 atom stereocenters. The first-order chi connectivity index (χ1) is 8.15. The summed E-state index contributed by atoms with van der Waals surface area (Å²) < 4.78 is 5.38. The van der Waals surface area contributed by atoms with Crippen molar-refractivity contribution in [2.45, 2.75) is 32.6 Å². The van der Waals surface area contributed by atoms with Gasteiger partial charge in [0, 0.05) is 44.6 Å². The molecule has 0 unspecified atom stereocenters. The number of amides is 1. The van der Waals surface area contributed by atoms with E-state index < -0.39 is 11.9 Å². The van der Waals surface area contributed by atoms with Gasteiger partial charge >= 0.3 is 0 Å². The number of ether oxygens (including phenoxy) is 1. The highest BCUT2D eigenvalue weighted by Gasteiger charge is 2.29. The van der Waals surface area contributed by atoms with E-state index in [1.54, 1.807) is 4.90 Å². The van der Waals surface area contributed by atoms with Crippen molar-refractivity contribution in [1.29, 1.82) is 0 Å². The molecular formula is C12H20NO4-. The highest BCUT2D eigenvalue weighted by atomic mass is 16.5. The number of rotatable bonds is 8. The average Bonchev–Trinajstić information content (AvgIpc) is 2.65. The van der Waals surface area contributed by atoms with E-state index in [-0.39, 0.29) is 18.9 Å². The second-order valence-corrected chi connectivity index (χ2v) is 4.38. The van der Waals surface area contributed by atoms with E-state index in [2.05, 4.69) is 6.92 Å². The number of likely N-dealkylation sites (tertiary alicyclic amines) is 1. The van der Waals surface area contributed by atoms with Gasteiger partial charge in [-0.1, -0.05) is 13.3 Å². The molecule has 0 spiro atoms. The van der Waals surface area contributed by atoms with E-state index in [9.17, 15) is 14.7 Å². The molecule has 5 nitrogen and oxygen atoms in total. The first-order valence-electron chi connectivity index (χ1n) is 6.21. The number of hydrogen-bond donors (Lipinski definition) is 0. The average molecular weight is 242 g/mol. The van der Waals surface area contributed by atoms with Crippen molar-refractivity contribution in [3.05, 3.63) is 0 Å². The molecule has 1 rings (SSSR count). The zero-order chi connectivity index (χ0) is 12.7. The van der Waals surface area contributed by atoms with Gasteiger partial charge in [-0.05, 0) is 12.8 Å². The number of carbonyl (C=O) groups excluding carboxylic acids is 2. The zero-order valence-corrected chi connectivity index (χ0v) is 10.3. The summed E-state index contributed by atoms with van der Waals surface area (Å²) in [5.41, 5.74) is 0. The minimum absolute atomic E-state index is 0.0824. The van der Waals surface area contributed by atoms with Crippen molar-refractivity contribution in [2.24, 2.45) is 5.92 Å². The molecule has 0 radical (unpaired) electrons. The standard InChI is InChI=1S/C12H21NO4/c1-2-3-6-17-7-4-5-13-9-10(12(15)16)8-11(13)14/h10H,2-9H2,1H3,(H,15,16)/p-1/t10-/m1/s1. The van der Waals surface area contributed by atoms with Gasteiger partial charge in [0.25, 0.3) is 0 Å². The molecule has 1 heterocycles. The first-order valence-corrected chi connectivity index (χ1v) is 6.21. The molecule has 1 saturated heterocycles. The minimum atomic E-state index is -1.12. The van der Waals surface area contributed by atoms with Gasteiger partial charge < -0.3 is 19.5 Å². The molecule has 0 bridgehead atoms. The maximum atomic E-state index is 11.4. The fourth-order valence-electron chi connectivity index (χ4n) is 1.85. The van der Waals surface area contributed by atoms with E-state index in [0.29, 0.717) is 13.2 Å². The van der Waals surface area contributed by atoms with Crippen LogP contribution in [0.25, 0.3) is 0 Å². The van der Waals surface area contributed by atoms with Crippen LogP contribution in [0.4, 0.5) is 0 Å². The van der Waals surface area contributed by atoms with E-state index in [0.717, 1.165) is 25.9 Å². The third-order valence-electron chi connectivity index (χ3n) is 2.91. The fourth-order valence-corrected chi connectivity index (χ4v) is 1.85. The second kappa shape index (κ2) is 7.27. The van der Waals surface area contributed by atoms with E-state index in [1.165, 1.54) is 0 Å². The Labute approximate surface area is 102 Å². The van der Waals surface area contributed by atoms with Crippen LogP contribution in [-0.4, -0.2) is 43.1 Å². The predicted octanol–water partition coefficient (Wildman–Crippen LogP) is -0.208. The Hall–Kier alpha value is -1.10. The monoisotopic (exact) mass is 242 g/mol. The van der Waals surface area contributed by atoms with Crippen LogP contribution in [-0.2, 0) is 14.3 Å². The van der Waals surface area contributed by atoms with Crippen molar-refractivity contribution < 1.29 is 19.4 Å². The van der Waals surface area contributed by atoms with E-state index >= 15 is 0 Å². The molecule has 0 N–H and O–H groups in total. The number of unbranched alkanes of at least 4 members (excludes halogenated alkanes) is 1. The Morgan fingerprint density at radius 3 is 2.76 bits per heavy atom. The smallest absolute Gasteiger partial charge is 0.223 e. The molecule has 0 aromatic carbocycles. The molecular weight excluding hydrogens is 222 g/mol. The summed E-state index contributed by atoms with van der Waals surface area (Å²) in [6.45, 7) is 4.35. The molecule has 0 aliphatic carbocycles. The zero-order valence-electron chi connectivity index (χ0n) is 10.3. The van der Waals surface area contributed by atoms with Gasteiger partial charge in [0.05, 0.1) is 0 Å². The number of aliphatic carboxylic acids is 1. The largest absolute Gasteiger partial charge is 0.550 e. The molecule has 1 aliphatic heterocycles. The van der Waals surface area contributed by atoms with Crippen LogP contribution in [0.3, 0.4) is 0 Å². The molecule has 1 fully saturated rings. The summed E-state index contributed by atoms with van der Waals surface area (Å²) in [5.74, 6) is -1.85. The van der Waals surface area contributed by atoms with E-state index in [1.807, 2.05) is 0 Å². The summed E-state index contributed by atoms with van der Waals surface area (Å²) in [4.78, 5) is 23.7. The van der Waals surface area contributed by atoms with Crippen molar-refractivity contribution in [1.82, 2.24) is 4.90 Å². The van der Waals surface area contributed by atoms with Crippen molar-refractivity contribution in [3.8, 4) is 0 Å². The maximum absolute atomic E-state index is 11.4. The Balaban J connectivity index is 2.11. The van der Waals surface area contributed by atoms with Crippen LogP contribution in [0.1, 0.15) is 32.6 Å². The lowest BCUT2D eigenvalue weighted by Crippen LogP contribution is -2.34. The van der Waals surface area contributed by atoms with Crippen LogP contribution in [0.5, 0.6) is 0 Å². The SMILES string of the molecule is CCCCOCCCN1C[C@H](C(=O)[O-])CC1=O. The minimum Gasteiger partial charge on any atom is -0.550 e. The third kappa shape index (κ3) is 4.73. The molecule has 1 amide bonds. The molecule has 0 saturated carbocycles. The van der Waals surface area contributed by atoms with Gasteiger partial charge in [0.2, 0.25) is 5.91 Å². The molecule has 98 valence electrons. The van der Waals surface area contributed by atoms with Crippen LogP contribution in [0, 0.1) is 5.92 Å². The molecule has 0 aromatic heterocycles. The van der Waals surface area contributed by atoms with Crippen molar-refractivity contribution >= 4 is 11.9 Å². The van der Waals surface area contributed by atoms with Crippen LogP contribution in [0.15, 0.2) is 0 Å². The van der Waals surface area contributed by atoms with Gasteiger partial charge in [-0.3, -0.25) is 4.79 Å². The number of hydrogen-bond acceptors (Lipinski definition) is 4. The fraction of sp³-hybridized carbons (Fsp3) is 0.833. The summed E-state index contributed by atoms with van der Waals surface area (Å²) in [6.07, 6.45) is 3.00. The van der Waals surface area contributed by atoms with Gasteiger partial charge in [-0.2, -0.15) is 0 Å². The second-order valence-electron chi connectivity index (χ2n) is 4.38. The number of carboxylic acids is 1. The lowest BCUT2D eigenvalue weighted by Gasteiger charge is -2.16. The normalized spacial score (nSPS) is 19.9. The Kier molecular flexibility index (Phi) is 5.97. The lowest BCUT2D eigenvalue weighted by molar-refractivity contribution is -0.311. The number of nitrogens with zero attached hydrogens (tertiary/aromatic N) is 1. The number of carbonyl (C=O) groups is 2. The summed E-state index contributed by atoms with van der Waals surface area (Å²) in [6, 6.07) is 0. The topological polar surface area (TPSA) is 69.7 Å². The molecule has 0 aromatic rings. The lowest BCUT2D eigenvalue weighted by atomic mass is 10.1. The van der Waals surface area contributed by atoms with Crippen LogP contribution >= 0.6 is 0 Å². The molecule has 17 heavy (non-hydrogen) atoms. The Morgan fingerprint density at radius 1 is 1.47 bits per heavy atom. The summed E-state index contributed by atoms with van der Waals surface area (Å²) in [7, 11) is 0. The molecule has 1 aliphatic rings. The van der Waals surface area contributed by atoms with E-state index in [4.69, 9.17) is 4.74 Å². The predicted molar refractivity (Wildman–Crippen MR) is 60.0 cm³/mol. The van der Waals surface area contributed by atoms with Crippen LogP contribution < -0.4 is 5.11 Å². The summed E-state index contributed by atoms with van der Waals surface area (Å²) >= 11 is 0. The quantitative estimate of drug-likeness (QED) is 0.552. The molecule has 5 heteroatoms. The van der Waals surface area contributed by atoms with Crippen molar-refractivity contribution in [2.75, 3.05) is 26.3 Å². The highest BCUT2D eigenvalue weighted by molar-refractivity contribution is 5.85. The Morgan fingerprint density at radius 2 is 2.18 bits per heavy atom. The first kappa shape index (κ1) is 14.0. The summed E-state index contributed by atoms with van der Waals surface area (Å²) in [5, 5.41) is 10.6. The van der Waals surface area contributed by atoms with Gasteiger partial charge in [0.15, 0.2) is 0 Å². The highest BCUT2D eigenvalue weighted by Crippen LogP contribution is 2.17. The maximum Gasteiger partial charge on any atom is 0.223 e. The van der Waals surface area contributed by atoms with Gasteiger partial charge in [-0.25, -0.2) is 0 Å². The van der Waals surface area contributed by atoms with Gasteiger partial charge in [-0.15, -0.1) is 0 Å². The Bertz CT molecular complexity index is 267. The van der Waals surface area contributed by atoms with Gasteiger partial charge in [0.1, 0.15) is 0 Å². The van der Waals surface area contributed by atoms with Crippen molar-refractivity contribution in [3.63, 3.8) is 0 Å². The van der Waals surface area contributed by atoms with Crippen LogP contribution in [0.2, 0.25) is 0 Å². The third-order valence-corrected chi connectivity index (χ3v) is 2.91. The number of carboxylic acid groups (broad SMARTS) is 1.